The largest absolute Gasteiger partial charge is 0.497 e. The van der Waals surface area contributed by atoms with Crippen LogP contribution in [0.4, 0.5) is 0 Å². The van der Waals surface area contributed by atoms with Crippen LogP contribution in [0.5, 0.6) is 17.4 Å². The molecule has 0 amide bonds. The lowest BCUT2D eigenvalue weighted by molar-refractivity contribution is 0.406. The lowest BCUT2D eigenvalue weighted by atomic mass is 10.2. The van der Waals surface area contributed by atoms with E-state index < -0.39 is 0 Å². The maximum absolute atomic E-state index is 5.76. The molecular weight excluding hydrogens is 228 g/mol. The third kappa shape index (κ3) is 2.99. The number of nitrogens with zero attached hydrogens (tertiary/aromatic N) is 1. The molecule has 2 aromatic rings. The molecule has 0 spiro atoms. The Bertz CT molecular complexity index is 515. The number of pyridine rings is 1. The predicted octanol–water partition coefficient (Wildman–Crippen LogP) is 2.38. The second-order valence-corrected chi connectivity index (χ2v) is 3.79. The number of aromatic nitrogens is 1. The molecule has 0 saturated carbocycles. The minimum absolute atomic E-state index is 0.570. The zero-order valence-corrected chi connectivity index (χ0v) is 10.3. The highest BCUT2D eigenvalue weighted by atomic mass is 16.5. The van der Waals surface area contributed by atoms with Crippen molar-refractivity contribution in [3.8, 4) is 17.4 Å². The lowest BCUT2D eigenvalue weighted by Crippen LogP contribution is -2.04. The standard InChI is InChI=1S/C14H16N2O2/c1-17-12-5-2-6-13(10-12)18-14-11(7-8-15)4-3-9-16-14/h2-6,9-10H,7-8,15H2,1H3. The van der Waals surface area contributed by atoms with Crippen LogP contribution >= 0.6 is 0 Å². The molecule has 0 bridgehead atoms. The first-order chi connectivity index (χ1) is 8.83. The van der Waals surface area contributed by atoms with Crippen LogP contribution in [0.25, 0.3) is 0 Å². The molecule has 0 atom stereocenters. The van der Waals surface area contributed by atoms with Crippen molar-refractivity contribution < 1.29 is 9.47 Å². The third-order valence-electron chi connectivity index (χ3n) is 2.52. The molecule has 1 aromatic heterocycles. The number of hydrogen-bond acceptors (Lipinski definition) is 4. The van der Waals surface area contributed by atoms with Gasteiger partial charge in [-0.25, -0.2) is 4.98 Å². The first-order valence-electron chi connectivity index (χ1n) is 5.79. The van der Waals surface area contributed by atoms with Gasteiger partial charge in [-0.05, 0) is 31.2 Å². The summed E-state index contributed by atoms with van der Waals surface area (Å²) < 4.78 is 10.9. The Morgan fingerprint density at radius 1 is 1.17 bits per heavy atom. The molecule has 0 unspecified atom stereocenters. The second-order valence-electron chi connectivity index (χ2n) is 3.79. The van der Waals surface area contributed by atoms with Crippen molar-refractivity contribution in [1.29, 1.82) is 0 Å². The van der Waals surface area contributed by atoms with E-state index >= 15 is 0 Å². The summed E-state index contributed by atoms with van der Waals surface area (Å²) in [5.41, 5.74) is 6.57. The number of hydrogen-bond donors (Lipinski definition) is 1. The maximum Gasteiger partial charge on any atom is 0.222 e. The lowest BCUT2D eigenvalue weighted by Gasteiger charge is -2.09. The molecule has 0 aliphatic carbocycles. The van der Waals surface area contributed by atoms with E-state index in [1.807, 2.05) is 36.4 Å². The Kier molecular flexibility index (Phi) is 4.15. The summed E-state index contributed by atoms with van der Waals surface area (Å²) in [5, 5.41) is 0. The highest BCUT2D eigenvalue weighted by Gasteiger charge is 2.05. The van der Waals surface area contributed by atoms with Crippen molar-refractivity contribution in [2.75, 3.05) is 13.7 Å². The van der Waals surface area contributed by atoms with E-state index in [0.717, 1.165) is 17.7 Å². The van der Waals surface area contributed by atoms with Gasteiger partial charge in [-0.15, -0.1) is 0 Å². The highest BCUT2D eigenvalue weighted by Crippen LogP contribution is 2.26. The molecule has 0 aliphatic heterocycles. The molecule has 94 valence electrons. The Balaban J connectivity index is 2.22. The van der Waals surface area contributed by atoms with Gasteiger partial charge in [-0.2, -0.15) is 0 Å². The van der Waals surface area contributed by atoms with E-state index in [9.17, 15) is 0 Å². The molecular formula is C14H16N2O2. The maximum atomic E-state index is 5.76. The van der Waals surface area contributed by atoms with Crippen LogP contribution in [0.15, 0.2) is 42.6 Å². The van der Waals surface area contributed by atoms with Gasteiger partial charge in [0.15, 0.2) is 0 Å². The van der Waals surface area contributed by atoms with Crippen LogP contribution in [0, 0.1) is 0 Å². The Morgan fingerprint density at radius 2 is 2.00 bits per heavy atom. The van der Waals surface area contributed by atoms with Crippen LogP contribution in [0.3, 0.4) is 0 Å². The minimum atomic E-state index is 0.570. The van der Waals surface area contributed by atoms with Crippen molar-refractivity contribution in [3.63, 3.8) is 0 Å². The fourth-order valence-electron chi connectivity index (χ4n) is 1.64. The summed E-state index contributed by atoms with van der Waals surface area (Å²) in [5.74, 6) is 2.05. The zero-order valence-electron chi connectivity index (χ0n) is 10.3. The first-order valence-corrected chi connectivity index (χ1v) is 5.79. The number of benzene rings is 1. The normalized spacial score (nSPS) is 10.1. The van der Waals surface area contributed by atoms with Crippen molar-refractivity contribution in [2.45, 2.75) is 6.42 Å². The van der Waals surface area contributed by atoms with E-state index in [2.05, 4.69) is 4.98 Å². The van der Waals surface area contributed by atoms with Crippen LogP contribution in [-0.2, 0) is 6.42 Å². The molecule has 4 heteroatoms. The van der Waals surface area contributed by atoms with Crippen LogP contribution in [-0.4, -0.2) is 18.6 Å². The van der Waals surface area contributed by atoms with Gasteiger partial charge < -0.3 is 15.2 Å². The number of rotatable bonds is 5. The van der Waals surface area contributed by atoms with E-state index in [1.54, 1.807) is 13.3 Å². The topological polar surface area (TPSA) is 57.4 Å². The van der Waals surface area contributed by atoms with E-state index in [4.69, 9.17) is 15.2 Å². The van der Waals surface area contributed by atoms with E-state index in [0.29, 0.717) is 18.2 Å². The molecule has 18 heavy (non-hydrogen) atoms. The van der Waals surface area contributed by atoms with Crippen molar-refractivity contribution >= 4 is 0 Å². The predicted molar refractivity (Wildman–Crippen MR) is 70.1 cm³/mol. The van der Waals surface area contributed by atoms with Gasteiger partial charge in [-0.1, -0.05) is 12.1 Å². The van der Waals surface area contributed by atoms with Crippen LogP contribution in [0.2, 0.25) is 0 Å². The Labute approximate surface area is 106 Å². The van der Waals surface area contributed by atoms with Crippen molar-refractivity contribution in [3.05, 3.63) is 48.2 Å². The smallest absolute Gasteiger partial charge is 0.222 e. The zero-order chi connectivity index (χ0) is 12.8. The second kappa shape index (κ2) is 6.02. The van der Waals surface area contributed by atoms with Crippen LogP contribution in [0.1, 0.15) is 5.56 Å². The number of methoxy groups -OCH3 is 1. The summed E-state index contributed by atoms with van der Waals surface area (Å²) in [4.78, 5) is 4.23. The summed E-state index contributed by atoms with van der Waals surface area (Å²) in [6.07, 6.45) is 2.45. The molecule has 0 saturated heterocycles. The summed E-state index contributed by atoms with van der Waals surface area (Å²) in [6, 6.07) is 11.3. The number of nitrogens with two attached hydrogens (primary N) is 1. The molecule has 0 aliphatic rings. The van der Waals surface area contributed by atoms with Crippen LogP contribution < -0.4 is 15.2 Å². The quantitative estimate of drug-likeness (QED) is 0.877. The van der Waals surface area contributed by atoms with Gasteiger partial charge >= 0.3 is 0 Å². The molecule has 0 fully saturated rings. The average Bonchev–Trinajstić information content (AvgIpc) is 2.41. The third-order valence-corrected chi connectivity index (χ3v) is 2.52. The molecule has 4 nitrogen and oxygen atoms in total. The molecule has 2 rings (SSSR count). The van der Waals surface area contributed by atoms with Gasteiger partial charge in [0, 0.05) is 17.8 Å². The average molecular weight is 244 g/mol. The summed E-state index contributed by atoms with van der Waals surface area (Å²) in [7, 11) is 1.62. The monoisotopic (exact) mass is 244 g/mol. The Hall–Kier alpha value is -2.07. The molecule has 0 radical (unpaired) electrons. The Morgan fingerprint density at radius 3 is 2.78 bits per heavy atom. The first kappa shape index (κ1) is 12.4. The molecule has 2 N–H and O–H groups in total. The fraction of sp³-hybridized carbons (Fsp3) is 0.214. The van der Waals surface area contributed by atoms with Gasteiger partial charge in [0.1, 0.15) is 11.5 Å². The van der Waals surface area contributed by atoms with Crippen molar-refractivity contribution in [1.82, 2.24) is 4.98 Å². The van der Waals surface area contributed by atoms with Gasteiger partial charge in [0.25, 0.3) is 0 Å². The molecule has 1 heterocycles. The fourth-order valence-corrected chi connectivity index (χ4v) is 1.64. The van der Waals surface area contributed by atoms with Gasteiger partial charge in [0.2, 0.25) is 5.88 Å². The number of ether oxygens (including phenoxy) is 2. The highest BCUT2D eigenvalue weighted by molar-refractivity contribution is 5.37. The van der Waals surface area contributed by atoms with E-state index in [1.165, 1.54) is 0 Å². The summed E-state index contributed by atoms with van der Waals surface area (Å²) >= 11 is 0. The van der Waals surface area contributed by atoms with E-state index in [-0.39, 0.29) is 0 Å². The van der Waals surface area contributed by atoms with Gasteiger partial charge in [0.05, 0.1) is 7.11 Å². The summed E-state index contributed by atoms with van der Waals surface area (Å²) in [6.45, 7) is 0.570. The SMILES string of the molecule is COc1cccc(Oc2ncccc2CCN)c1. The molecule has 1 aromatic carbocycles. The van der Waals surface area contributed by atoms with Crippen molar-refractivity contribution in [2.24, 2.45) is 5.73 Å². The van der Waals surface area contributed by atoms with Gasteiger partial charge in [-0.3, -0.25) is 0 Å². The minimum Gasteiger partial charge on any atom is -0.497 e.